The number of carbonyl (C=O) groups is 1. The van der Waals surface area contributed by atoms with Gasteiger partial charge in [0.05, 0.1) is 18.8 Å². The second-order valence-electron chi connectivity index (χ2n) is 5.52. The first-order valence-electron chi connectivity index (χ1n) is 6.70. The molecule has 0 radical (unpaired) electrons. The van der Waals surface area contributed by atoms with Crippen molar-refractivity contribution in [2.45, 2.75) is 38.5 Å². The summed E-state index contributed by atoms with van der Waals surface area (Å²) in [6.45, 7) is 6.91. The summed E-state index contributed by atoms with van der Waals surface area (Å²) in [4.78, 5) is 14.6. The molecule has 19 heavy (non-hydrogen) atoms. The molecule has 4 heteroatoms. The van der Waals surface area contributed by atoms with Crippen LogP contribution in [0.25, 0.3) is 0 Å². The lowest BCUT2D eigenvalue weighted by atomic mass is 9.91. The van der Waals surface area contributed by atoms with Crippen LogP contribution in [0.5, 0.6) is 0 Å². The average molecular weight is 262 g/mol. The van der Waals surface area contributed by atoms with E-state index in [2.05, 4.69) is 0 Å². The number of hydrogen-bond donors (Lipinski definition) is 1. The van der Waals surface area contributed by atoms with Crippen molar-refractivity contribution in [2.24, 2.45) is 5.73 Å². The van der Waals surface area contributed by atoms with Gasteiger partial charge in [-0.05, 0) is 26.3 Å². The molecule has 1 aliphatic heterocycles. The zero-order chi connectivity index (χ0) is 14.0. The van der Waals surface area contributed by atoms with Crippen LogP contribution in [0.1, 0.15) is 26.3 Å². The number of benzene rings is 1. The van der Waals surface area contributed by atoms with Gasteiger partial charge in [-0.1, -0.05) is 30.3 Å². The Bertz CT molecular complexity index is 445. The number of nitrogens with zero attached hydrogens (tertiary/aromatic N) is 1. The van der Waals surface area contributed by atoms with Crippen molar-refractivity contribution in [3.8, 4) is 0 Å². The Morgan fingerprint density at radius 1 is 1.37 bits per heavy atom. The topological polar surface area (TPSA) is 55.6 Å². The van der Waals surface area contributed by atoms with Gasteiger partial charge in [0.15, 0.2) is 0 Å². The van der Waals surface area contributed by atoms with E-state index in [1.165, 1.54) is 0 Å². The maximum absolute atomic E-state index is 12.7. The lowest BCUT2D eigenvalue weighted by Gasteiger charge is -2.40. The summed E-state index contributed by atoms with van der Waals surface area (Å²) in [6, 6.07) is 9.58. The molecule has 1 amide bonds. The van der Waals surface area contributed by atoms with Crippen molar-refractivity contribution in [1.82, 2.24) is 4.90 Å². The highest BCUT2D eigenvalue weighted by atomic mass is 16.5. The third kappa shape index (κ3) is 2.80. The van der Waals surface area contributed by atoms with Crippen LogP contribution in [0.15, 0.2) is 30.3 Å². The van der Waals surface area contributed by atoms with Crippen LogP contribution in [-0.2, 0) is 15.1 Å². The minimum absolute atomic E-state index is 0.0404. The first-order valence-corrected chi connectivity index (χ1v) is 6.70. The molecule has 3 unspecified atom stereocenters. The zero-order valence-electron chi connectivity index (χ0n) is 11.8. The summed E-state index contributed by atoms with van der Waals surface area (Å²) in [5, 5.41) is 0. The molecule has 1 aromatic rings. The van der Waals surface area contributed by atoms with Crippen molar-refractivity contribution in [1.29, 1.82) is 0 Å². The Hall–Kier alpha value is -1.39. The number of carbonyl (C=O) groups excluding carboxylic acids is 1. The predicted molar refractivity (Wildman–Crippen MR) is 74.6 cm³/mol. The highest BCUT2D eigenvalue weighted by Crippen LogP contribution is 2.23. The first kappa shape index (κ1) is 14.0. The molecule has 2 N–H and O–H groups in total. The fourth-order valence-corrected chi connectivity index (χ4v) is 2.39. The largest absolute Gasteiger partial charge is 0.375 e. The Labute approximate surface area is 114 Å². The summed E-state index contributed by atoms with van der Waals surface area (Å²) in [6.07, 6.45) is 0.0618. The predicted octanol–water partition coefficient (Wildman–Crippen LogP) is 1.50. The summed E-state index contributed by atoms with van der Waals surface area (Å²) in [5.74, 6) is -0.0404. The van der Waals surface area contributed by atoms with Crippen molar-refractivity contribution in [3.63, 3.8) is 0 Å². The van der Waals surface area contributed by atoms with E-state index < -0.39 is 5.54 Å². The Kier molecular flexibility index (Phi) is 3.92. The quantitative estimate of drug-likeness (QED) is 0.878. The molecule has 0 spiro atoms. The monoisotopic (exact) mass is 262 g/mol. The minimum atomic E-state index is -0.993. The molecule has 0 bridgehead atoms. The van der Waals surface area contributed by atoms with E-state index in [4.69, 9.17) is 10.5 Å². The van der Waals surface area contributed by atoms with Crippen LogP contribution in [-0.4, -0.2) is 36.1 Å². The molecule has 2 rings (SSSR count). The highest BCUT2D eigenvalue weighted by molar-refractivity contribution is 5.87. The van der Waals surface area contributed by atoms with E-state index in [1.807, 2.05) is 49.1 Å². The number of amides is 1. The van der Waals surface area contributed by atoms with Gasteiger partial charge in [0.25, 0.3) is 0 Å². The molecule has 1 saturated heterocycles. The Balaban J connectivity index is 2.22. The minimum Gasteiger partial charge on any atom is -0.375 e. The van der Waals surface area contributed by atoms with E-state index in [0.29, 0.717) is 13.2 Å². The van der Waals surface area contributed by atoms with Gasteiger partial charge in [-0.25, -0.2) is 0 Å². The van der Waals surface area contributed by atoms with Gasteiger partial charge < -0.3 is 15.4 Å². The molecule has 0 aromatic heterocycles. The molecule has 1 fully saturated rings. The number of morpholine rings is 1. The maximum Gasteiger partial charge on any atom is 0.247 e. The van der Waals surface area contributed by atoms with E-state index in [-0.39, 0.29) is 18.1 Å². The SMILES string of the molecule is CC1CN(C(=O)C(C)(N)c2ccccc2)C(C)CO1. The smallest absolute Gasteiger partial charge is 0.247 e. The number of hydrogen-bond acceptors (Lipinski definition) is 3. The standard InChI is InChI=1S/C15H22N2O2/c1-11-10-19-12(2)9-17(11)14(18)15(3,16)13-7-5-4-6-8-13/h4-8,11-12H,9-10,16H2,1-3H3. The normalized spacial score (nSPS) is 26.8. The van der Waals surface area contributed by atoms with Crippen LogP contribution in [0.3, 0.4) is 0 Å². The second-order valence-corrected chi connectivity index (χ2v) is 5.52. The third-order valence-electron chi connectivity index (χ3n) is 3.69. The van der Waals surface area contributed by atoms with Gasteiger partial charge in [0.2, 0.25) is 5.91 Å². The van der Waals surface area contributed by atoms with Gasteiger partial charge in [-0.3, -0.25) is 4.79 Å². The molecular weight excluding hydrogens is 240 g/mol. The van der Waals surface area contributed by atoms with Crippen LogP contribution in [0, 0.1) is 0 Å². The van der Waals surface area contributed by atoms with E-state index in [1.54, 1.807) is 6.92 Å². The molecule has 1 heterocycles. The molecule has 1 aliphatic rings. The summed E-state index contributed by atoms with van der Waals surface area (Å²) >= 11 is 0. The van der Waals surface area contributed by atoms with Crippen LogP contribution < -0.4 is 5.73 Å². The fourth-order valence-electron chi connectivity index (χ4n) is 2.39. The van der Waals surface area contributed by atoms with Crippen molar-refractivity contribution in [3.05, 3.63) is 35.9 Å². The summed E-state index contributed by atoms with van der Waals surface area (Å²) < 4.78 is 5.55. The number of ether oxygens (including phenoxy) is 1. The van der Waals surface area contributed by atoms with Crippen molar-refractivity contribution in [2.75, 3.05) is 13.2 Å². The van der Waals surface area contributed by atoms with E-state index in [9.17, 15) is 4.79 Å². The molecule has 0 aliphatic carbocycles. The summed E-state index contributed by atoms with van der Waals surface area (Å²) in [5.41, 5.74) is 6.13. The van der Waals surface area contributed by atoms with Crippen LogP contribution in [0.2, 0.25) is 0 Å². The fraction of sp³-hybridized carbons (Fsp3) is 0.533. The molecule has 4 nitrogen and oxygen atoms in total. The van der Waals surface area contributed by atoms with Crippen molar-refractivity contribution < 1.29 is 9.53 Å². The number of nitrogens with two attached hydrogens (primary N) is 1. The van der Waals surface area contributed by atoms with Gasteiger partial charge >= 0.3 is 0 Å². The first-order chi connectivity index (χ1) is 8.93. The molecule has 3 atom stereocenters. The second kappa shape index (κ2) is 5.31. The lowest BCUT2D eigenvalue weighted by Crippen LogP contribution is -2.58. The molecular formula is C15H22N2O2. The van der Waals surface area contributed by atoms with Crippen LogP contribution in [0.4, 0.5) is 0 Å². The average Bonchev–Trinajstić information content (AvgIpc) is 2.41. The van der Waals surface area contributed by atoms with E-state index in [0.717, 1.165) is 5.56 Å². The maximum atomic E-state index is 12.7. The van der Waals surface area contributed by atoms with Gasteiger partial charge in [-0.15, -0.1) is 0 Å². The van der Waals surface area contributed by atoms with Crippen LogP contribution >= 0.6 is 0 Å². The van der Waals surface area contributed by atoms with E-state index >= 15 is 0 Å². The van der Waals surface area contributed by atoms with Gasteiger partial charge in [-0.2, -0.15) is 0 Å². The van der Waals surface area contributed by atoms with Crippen molar-refractivity contribution >= 4 is 5.91 Å². The number of rotatable bonds is 2. The summed E-state index contributed by atoms with van der Waals surface area (Å²) in [7, 11) is 0. The lowest BCUT2D eigenvalue weighted by molar-refractivity contribution is -0.148. The zero-order valence-corrected chi connectivity index (χ0v) is 11.8. The third-order valence-corrected chi connectivity index (χ3v) is 3.69. The Morgan fingerprint density at radius 2 is 2.00 bits per heavy atom. The molecule has 1 aromatic carbocycles. The highest BCUT2D eigenvalue weighted by Gasteiger charge is 2.38. The van der Waals surface area contributed by atoms with Gasteiger partial charge in [0, 0.05) is 6.54 Å². The molecule has 104 valence electrons. The van der Waals surface area contributed by atoms with Gasteiger partial charge in [0.1, 0.15) is 5.54 Å². The Morgan fingerprint density at radius 3 is 2.63 bits per heavy atom. The molecule has 0 saturated carbocycles.